The zero-order chi connectivity index (χ0) is 8.55. The van der Waals surface area contributed by atoms with Gasteiger partial charge >= 0.3 is 5.69 Å². The van der Waals surface area contributed by atoms with Gasteiger partial charge < -0.3 is 0 Å². The maximum Gasteiger partial charge on any atom is 0.300 e. The van der Waals surface area contributed by atoms with E-state index in [2.05, 4.69) is 14.9 Å². The molecular weight excluding hydrogens is 162 g/mol. The molecule has 6 heteroatoms. The monoisotopic (exact) mass is 165 g/mol. The first kappa shape index (κ1) is 6.71. The summed E-state index contributed by atoms with van der Waals surface area (Å²) in [6.07, 6.45) is 0. The summed E-state index contributed by atoms with van der Waals surface area (Å²) in [6.45, 7) is 0. The maximum atomic E-state index is 10.4. The van der Waals surface area contributed by atoms with Gasteiger partial charge in [-0.15, -0.1) is 0 Å². The summed E-state index contributed by atoms with van der Waals surface area (Å²) in [5.41, 5.74) is 0.487. The average molecular weight is 165 g/mol. The molecule has 1 heterocycles. The fourth-order valence-electron chi connectivity index (χ4n) is 0.939. The molecule has 0 saturated heterocycles. The molecular formula is C6H3N3O3. The average Bonchev–Trinajstić information content (AvgIpc) is 2.49. The Morgan fingerprint density at radius 2 is 2.25 bits per heavy atom. The quantitative estimate of drug-likeness (QED) is 0.467. The lowest BCUT2D eigenvalue weighted by Gasteiger charge is -1.87. The van der Waals surface area contributed by atoms with Crippen molar-refractivity contribution in [3.63, 3.8) is 0 Å². The van der Waals surface area contributed by atoms with Crippen LogP contribution in [0.4, 0.5) is 5.69 Å². The van der Waals surface area contributed by atoms with E-state index in [1.165, 1.54) is 12.1 Å². The van der Waals surface area contributed by atoms with E-state index >= 15 is 0 Å². The van der Waals surface area contributed by atoms with Crippen molar-refractivity contribution in [3.05, 3.63) is 28.3 Å². The zero-order valence-corrected chi connectivity index (χ0v) is 5.80. The molecule has 0 radical (unpaired) electrons. The van der Waals surface area contributed by atoms with E-state index in [-0.39, 0.29) is 11.2 Å². The summed E-state index contributed by atoms with van der Waals surface area (Å²) in [5.74, 6) is 0. The van der Waals surface area contributed by atoms with Crippen LogP contribution in [0, 0.1) is 10.1 Å². The van der Waals surface area contributed by atoms with Crippen LogP contribution in [0.2, 0.25) is 0 Å². The lowest BCUT2D eigenvalue weighted by Crippen LogP contribution is -1.88. The predicted molar refractivity (Wildman–Crippen MR) is 38.5 cm³/mol. The number of benzene rings is 1. The lowest BCUT2D eigenvalue weighted by atomic mass is 10.3. The lowest BCUT2D eigenvalue weighted by molar-refractivity contribution is -0.383. The predicted octanol–water partition coefficient (Wildman–Crippen LogP) is 1.13. The Hall–Kier alpha value is -1.98. The minimum atomic E-state index is -0.521. The van der Waals surface area contributed by atoms with Gasteiger partial charge in [0, 0.05) is 6.07 Å². The van der Waals surface area contributed by atoms with Crippen LogP contribution in [0.25, 0.3) is 11.0 Å². The Morgan fingerprint density at radius 1 is 1.42 bits per heavy atom. The van der Waals surface area contributed by atoms with Gasteiger partial charge in [0.05, 0.1) is 4.92 Å². The van der Waals surface area contributed by atoms with E-state index < -0.39 is 4.92 Å². The van der Waals surface area contributed by atoms with Crippen molar-refractivity contribution in [3.8, 4) is 0 Å². The highest BCUT2D eigenvalue weighted by atomic mass is 16.6. The molecule has 0 aliphatic heterocycles. The van der Waals surface area contributed by atoms with Crippen molar-refractivity contribution in [1.82, 2.24) is 10.3 Å². The van der Waals surface area contributed by atoms with Gasteiger partial charge in [-0.1, -0.05) is 6.07 Å². The molecule has 0 amide bonds. The summed E-state index contributed by atoms with van der Waals surface area (Å²) in [4.78, 5) is 9.89. The molecule has 6 nitrogen and oxygen atoms in total. The zero-order valence-electron chi connectivity index (χ0n) is 5.80. The van der Waals surface area contributed by atoms with Gasteiger partial charge in [0.1, 0.15) is 5.52 Å². The number of nitrogens with zero attached hydrogens (tertiary/aromatic N) is 3. The van der Waals surface area contributed by atoms with Gasteiger partial charge in [0.25, 0.3) is 0 Å². The molecule has 12 heavy (non-hydrogen) atoms. The fraction of sp³-hybridized carbons (Fsp3) is 0. The smallest absolute Gasteiger partial charge is 0.258 e. The first-order valence-electron chi connectivity index (χ1n) is 3.15. The standard InChI is InChI=1S/C6H3N3O3/c10-9(11)5-3-1-2-4-6(5)8-12-7-4/h1-3H. The molecule has 1 aromatic carbocycles. The Labute approximate surface area is 65.9 Å². The SMILES string of the molecule is O=[N+]([O-])c1cccc2nonc12. The minimum Gasteiger partial charge on any atom is -0.258 e. The molecule has 0 atom stereocenters. The van der Waals surface area contributed by atoms with Crippen LogP contribution in [0.1, 0.15) is 0 Å². The molecule has 0 N–H and O–H groups in total. The number of hydrogen-bond acceptors (Lipinski definition) is 5. The second-order valence-electron chi connectivity index (χ2n) is 2.17. The van der Waals surface area contributed by atoms with Crippen LogP contribution in [-0.4, -0.2) is 15.2 Å². The van der Waals surface area contributed by atoms with Gasteiger partial charge in [0.15, 0.2) is 0 Å². The largest absolute Gasteiger partial charge is 0.300 e. The Kier molecular flexibility index (Phi) is 1.26. The second kappa shape index (κ2) is 2.26. The van der Waals surface area contributed by atoms with E-state index in [0.717, 1.165) is 0 Å². The Balaban J connectivity index is 2.82. The topological polar surface area (TPSA) is 82.1 Å². The summed E-state index contributed by atoms with van der Waals surface area (Å²) in [6, 6.07) is 4.48. The van der Waals surface area contributed by atoms with E-state index in [1.807, 2.05) is 0 Å². The van der Waals surface area contributed by atoms with Crippen molar-refractivity contribution in [2.24, 2.45) is 0 Å². The van der Waals surface area contributed by atoms with Crippen LogP contribution in [0.3, 0.4) is 0 Å². The third kappa shape index (κ3) is 0.815. The highest BCUT2D eigenvalue weighted by Crippen LogP contribution is 2.21. The van der Waals surface area contributed by atoms with Crippen molar-refractivity contribution in [2.45, 2.75) is 0 Å². The molecule has 2 aromatic rings. The number of nitro benzene ring substituents is 1. The third-order valence-corrected chi connectivity index (χ3v) is 1.46. The Bertz CT molecular complexity index is 436. The number of fused-ring (bicyclic) bond motifs is 1. The minimum absolute atomic E-state index is 0.0891. The summed E-state index contributed by atoms with van der Waals surface area (Å²) < 4.78 is 4.35. The summed E-state index contributed by atoms with van der Waals surface area (Å²) in [5, 5.41) is 17.3. The van der Waals surface area contributed by atoms with Gasteiger partial charge in [-0.05, 0) is 16.4 Å². The van der Waals surface area contributed by atoms with E-state index in [4.69, 9.17) is 0 Å². The van der Waals surface area contributed by atoms with E-state index in [1.54, 1.807) is 6.07 Å². The van der Waals surface area contributed by atoms with Crippen LogP contribution < -0.4 is 0 Å². The summed E-state index contributed by atoms with van der Waals surface area (Å²) in [7, 11) is 0. The van der Waals surface area contributed by atoms with Gasteiger partial charge in [-0.25, -0.2) is 4.63 Å². The molecule has 0 aliphatic rings. The number of nitro groups is 1. The molecule has 2 rings (SSSR count). The van der Waals surface area contributed by atoms with E-state index in [9.17, 15) is 10.1 Å². The van der Waals surface area contributed by atoms with Gasteiger partial charge in [-0.3, -0.25) is 10.1 Å². The maximum absolute atomic E-state index is 10.4. The molecule has 0 spiro atoms. The van der Waals surface area contributed by atoms with Gasteiger partial charge in [-0.2, -0.15) is 0 Å². The molecule has 0 bridgehead atoms. The van der Waals surface area contributed by atoms with Crippen molar-refractivity contribution in [1.29, 1.82) is 0 Å². The molecule has 0 unspecified atom stereocenters. The van der Waals surface area contributed by atoms with Crippen molar-refractivity contribution in [2.75, 3.05) is 0 Å². The number of non-ortho nitro benzene ring substituents is 1. The highest BCUT2D eigenvalue weighted by molar-refractivity contribution is 5.82. The number of aromatic nitrogens is 2. The molecule has 60 valence electrons. The summed E-state index contributed by atoms with van der Waals surface area (Å²) >= 11 is 0. The first-order valence-corrected chi connectivity index (χ1v) is 3.15. The molecule has 0 aliphatic carbocycles. The normalized spacial score (nSPS) is 10.3. The number of rotatable bonds is 1. The van der Waals surface area contributed by atoms with Crippen LogP contribution in [0.15, 0.2) is 22.8 Å². The third-order valence-electron chi connectivity index (χ3n) is 1.46. The van der Waals surface area contributed by atoms with Crippen LogP contribution in [-0.2, 0) is 0 Å². The van der Waals surface area contributed by atoms with Crippen LogP contribution in [0.5, 0.6) is 0 Å². The second-order valence-corrected chi connectivity index (χ2v) is 2.17. The molecule has 0 fully saturated rings. The van der Waals surface area contributed by atoms with Crippen LogP contribution >= 0.6 is 0 Å². The first-order chi connectivity index (χ1) is 5.79. The van der Waals surface area contributed by atoms with Crippen molar-refractivity contribution >= 4 is 16.7 Å². The van der Waals surface area contributed by atoms with Crippen molar-refractivity contribution < 1.29 is 9.55 Å². The number of hydrogen-bond donors (Lipinski definition) is 0. The Morgan fingerprint density at radius 3 is 3.00 bits per heavy atom. The van der Waals surface area contributed by atoms with Gasteiger partial charge in [0.2, 0.25) is 5.52 Å². The molecule has 1 aromatic heterocycles. The van der Waals surface area contributed by atoms with E-state index in [0.29, 0.717) is 5.52 Å². The highest BCUT2D eigenvalue weighted by Gasteiger charge is 2.14. The molecule has 0 saturated carbocycles. The fourth-order valence-corrected chi connectivity index (χ4v) is 0.939.